The molecule has 3 heteroatoms. The summed E-state index contributed by atoms with van der Waals surface area (Å²) in [6.07, 6.45) is 1.07. The van der Waals surface area contributed by atoms with Crippen LogP contribution in [0.25, 0.3) is 0 Å². The summed E-state index contributed by atoms with van der Waals surface area (Å²) in [5.41, 5.74) is 0.320. The molecule has 1 aliphatic rings. The third kappa shape index (κ3) is 2.14. The molecule has 1 aliphatic heterocycles. The van der Waals surface area contributed by atoms with E-state index in [9.17, 15) is 0 Å². The lowest BCUT2D eigenvalue weighted by Gasteiger charge is -2.19. The fraction of sp³-hybridized carbons (Fsp3) is 0.857. The molecule has 0 aromatic rings. The van der Waals surface area contributed by atoms with E-state index in [4.69, 9.17) is 17.0 Å². The molecular formula is C7H13NOS. The molecule has 0 saturated carbocycles. The van der Waals surface area contributed by atoms with E-state index in [1.807, 2.05) is 0 Å². The first kappa shape index (κ1) is 7.79. The second kappa shape index (κ2) is 2.74. The number of hydrogen-bond donors (Lipinski definition) is 1. The smallest absolute Gasteiger partial charge is 0.256 e. The molecule has 0 atom stereocenters. The molecule has 1 rings (SSSR count). The van der Waals surface area contributed by atoms with Crippen LogP contribution in [0.4, 0.5) is 0 Å². The van der Waals surface area contributed by atoms with Crippen LogP contribution in [0.15, 0.2) is 0 Å². The Labute approximate surface area is 66.9 Å². The Morgan fingerprint density at radius 2 is 2.30 bits per heavy atom. The molecule has 1 saturated heterocycles. The first-order chi connectivity index (χ1) is 4.60. The van der Waals surface area contributed by atoms with Gasteiger partial charge in [0.15, 0.2) is 0 Å². The van der Waals surface area contributed by atoms with E-state index in [0.717, 1.165) is 19.6 Å². The molecule has 0 unspecified atom stereocenters. The fourth-order valence-corrected chi connectivity index (χ4v) is 1.03. The summed E-state index contributed by atoms with van der Waals surface area (Å²) in [4.78, 5) is 0. The number of rotatable bonds is 0. The van der Waals surface area contributed by atoms with Gasteiger partial charge in [0.25, 0.3) is 5.17 Å². The van der Waals surface area contributed by atoms with Crippen molar-refractivity contribution in [2.45, 2.75) is 20.3 Å². The van der Waals surface area contributed by atoms with Crippen LogP contribution in [0, 0.1) is 5.41 Å². The largest absolute Gasteiger partial charge is 0.471 e. The van der Waals surface area contributed by atoms with E-state index in [0.29, 0.717) is 10.6 Å². The predicted octanol–water partition coefficient (Wildman–Crippen LogP) is 1.31. The van der Waals surface area contributed by atoms with Gasteiger partial charge in [-0.05, 0) is 24.1 Å². The maximum atomic E-state index is 5.16. The zero-order valence-electron chi connectivity index (χ0n) is 6.44. The summed E-state index contributed by atoms with van der Waals surface area (Å²) in [6, 6.07) is 0. The van der Waals surface area contributed by atoms with E-state index in [1.54, 1.807) is 0 Å². The highest BCUT2D eigenvalue weighted by atomic mass is 32.1. The van der Waals surface area contributed by atoms with E-state index in [1.165, 1.54) is 0 Å². The van der Waals surface area contributed by atoms with Gasteiger partial charge in [-0.2, -0.15) is 0 Å². The standard InChI is InChI=1S/C7H13NOS/c1-7(2)3-4-9-6(10)8-5-7/h3-5H2,1-2H3,(H,8,10). The van der Waals surface area contributed by atoms with Gasteiger partial charge in [-0.15, -0.1) is 0 Å². The quantitative estimate of drug-likeness (QED) is 0.538. The third-order valence-electron chi connectivity index (χ3n) is 1.72. The van der Waals surface area contributed by atoms with Gasteiger partial charge in [0, 0.05) is 6.54 Å². The van der Waals surface area contributed by atoms with Gasteiger partial charge in [0.2, 0.25) is 0 Å². The molecule has 2 nitrogen and oxygen atoms in total. The summed E-state index contributed by atoms with van der Waals surface area (Å²) in [6.45, 7) is 6.08. The number of nitrogens with one attached hydrogen (secondary N) is 1. The topological polar surface area (TPSA) is 21.3 Å². The monoisotopic (exact) mass is 159 g/mol. The molecule has 0 aliphatic carbocycles. The maximum Gasteiger partial charge on any atom is 0.256 e. The summed E-state index contributed by atoms with van der Waals surface area (Å²) in [5, 5.41) is 3.59. The molecule has 1 N–H and O–H groups in total. The van der Waals surface area contributed by atoms with Crippen LogP contribution < -0.4 is 5.32 Å². The van der Waals surface area contributed by atoms with Crippen molar-refractivity contribution < 1.29 is 4.74 Å². The van der Waals surface area contributed by atoms with Gasteiger partial charge in [0.1, 0.15) is 0 Å². The Kier molecular flexibility index (Phi) is 2.14. The van der Waals surface area contributed by atoms with Gasteiger partial charge in [0.05, 0.1) is 6.61 Å². The van der Waals surface area contributed by atoms with Gasteiger partial charge in [-0.25, -0.2) is 0 Å². The van der Waals surface area contributed by atoms with Crippen LogP contribution in [0.1, 0.15) is 20.3 Å². The first-order valence-corrected chi connectivity index (χ1v) is 3.92. The molecule has 0 radical (unpaired) electrons. The van der Waals surface area contributed by atoms with Gasteiger partial charge in [-0.3, -0.25) is 0 Å². The molecule has 1 heterocycles. The van der Waals surface area contributed by atoms with Crippen LogP contribution in [0.5, 0.6) is 0 Å². The summed E-state index contributed by atoms with van der Waals surface area (Å²) in [5.74, 6) is 0. The zero-order chi connectivity index (χ0) is 7.61. The minimum absolute atomic E-state index is 0.320. The lowest BCUT2D eigenvalue weighted by Crippen LogP contribution is -2.29. The second-order valence-electron chi connectivity index (χ2n) is 3.40. The van der Waals surface area contributed by atoms with E-state index >= 15 is 0 Å². The van der Waals surface area contributed by atoms with Crippen molar-refractivity contribution in [2.75, 3.05) is 13.2 Å². The summed E-state index contributed by atoms with van der Waals surface area (Å²) in [7, 11) is 0. The minimum atomic E-state index is 0.320. The summed E-state index contributed by atoms with van der Waals surface area (Å²) < 4.78 is 5.16. The number of thiocarbonyl (C=S) groups is 1. The van der Waals surface area contributed by atoms with E-state index in [2.05, 4.69) is 19.2 Å². The highest BCUT2D eigenvalue weighted by Gasteiger charge is 2.21. The predicted molar refractivity (Wildman–Crippen MR) is 45.0 cm³/mol. The molecule has 0 aromatic heterocycles. The average molecular weight is 159 g/mol. The van der Waals surface area contributed by atoms with Crippen LogP contribution >= 0.6 is 12.2 Å². The SMILES string of the molecule is CC1(C)CCOC(=S)NC1. The lowest BCUT2D eigenvalue weighted by molar-refractivity contribution is 0.253. The normalized spacial score (nSPS) is 24.4. The minimum Gasteiger partial charge on any atom is -0.471 e. The van der Waals surface area contributed by atoms with Crippen LogP contribution in [-0.2, 0) is 4.74 Å². The lowest BCUT2D eigenvalue weighted by atomic mass is 9.90. The molecular weight excluding hydrogens is 146 g/mol. The molecule has 0 spiro atoms. The van der Waals surface area contributed by atoms with E-state index in [-0.39, 0.29) is 0 Å². The molecule has 58 valence electrons. The Hall–Kier alpha value is -0.310. The Morgan fingerprint density at radius 1 is 1.60 bits per heavy atom. The molecule has 10 heavy (non-hydrogen) atoms. The Bertz CT molecular complexity index is 145. The Morgan fingerprint density at radius 3 is 3.00 bits per heavy atom. The first-order valence-electron chi connectivity index (χ1n) is 3.51. The van der Waals surface area contributed by atoms with Crippen molar-refractivity contribution in [2.24, 2.45) is 5.41 Å². The average Bonchev–Trinajstić information content (AvgIpc) is 1.94. The fourth-order valence-electron chi connectivity index (χ4n) is 0.871. The van der Waals surface area contributed by atoms with E-state index < -0.39 is 0 Å². The molecule has 0 amide bonds. The van der Waals surface area contributed by atoms with Crippen LogP contribution in [-0.4, -0.2) is 18.3 Å². The van der Waals surface area contributed by atoms with Crippen molar-refractivity contribution in [1.82, 2.24) is 5.32 Å². The van der Waals surface area contributed by atoms with Crippen LogP contribution in [0.2, 0.25) is 0 Å². The van der Waals surface area contributed by atoms with Crippen LogP contribution in [0.3, 0.4) is 0 Å². The number of hydrogen-bond acceptors (Lipinski definition) is 2. The maximum absolute atomic E-state index is 5.16. The Balaban J connectivity index is 2.48. The molecule has 0 bridgehead atoms. The third-order valence-corrected chi connectivity index (χ3v) is 1.99. The van der Waals surface area contributed by atoms with Crippen molar-refractivity contribution >= 4 is 17.4 Å². The van der Waals surface area contributed by atoms with Crippen molar-refractivity contribution in [1.29, 1.82) is 0 Å². The number of ether oxygens (including phenoxy) is 1. The zero-order valence-corrected chi connectivity index (χ0v) is 7.25. The van der Waals surface area contributed by atoms with Crippen molar-refractivity contribution in [3.8, 4) is 0 Å². The van der Waals surface area contributed by atoms with Gasteiger partial charge < -0.3 is 10.1 Å². The molecule has 0 aromatic carbocycles. The molecule has 1 fully saturated rings. The highest BCUT2D eigenvalue weighted by Crippen LogP contribution is 2.20. The van der Waals surface area contributed by atoms with Crippen molar-refractivity contribution in [3.63, 3.8) is 0 Å². The highest BCUT2D eigenvalue weighted by molar-refractivity contribution is 7.80. The van der Waals surface area contributed by atoms with Gasteiger partial charge in [-0.1, -0.05) is 13.8 Å². The van der Waals surface area contributed by atoms with Crippen molar-refractivity contribution in [3.05, 3.63) is 0 Å². The summed E-state index contributed by atoms with van der Waals surface area (Å²) >= 11 is 4.86. The van der Waals surface area contributed by atoms with Gasteiger partial charge >= 0.3 is 0 Å². The second-order valence-corrected chi connectivity index (χ2v) is 3.77.